The minimum absolute atomic E-state index is 0.0581. The SMILES string of the molecule is CCS(=O)(=O)N1CC(CC#N)(n2cc3c(n2)C2(CC2)c2c[nH]c4ncnc-3c24)C1. The van der Waals surface area contributed by atoms with Crippen LogP contribution in [0.15, 0.2) is 18.7 Å². The molecule has 2 fully saturated rings. The summed E-state index contributed by atoms with van der Waals surface area (Å²) >= 11 is 0. The normalized spacial score (nSPS) is 21.0. The third-order valence-corrected chi connectivity index (χ3v) is 8.53. The van der Waals surface area contributed by atoms with E-state index in [0.29, 0.717) is 0 Å². The van der Waals surface area contributed by atoms with E-state index in [1.165, 1.54) is 9.87 Å². The van der Waals surface area contributed by atoms with Crippen molar-refractivity contribution in [1.82, 2.24) is 29.0 Å². The van der Waals surface area contributed by atoms with Crippen molar-refractivity contribution in [2.75, 3.05) is 18.8 Å². The summed E-state index contributed by atoms with van der Waals surface area (Å²) in [6.07, 6.45) is 7.76. The summed E-state index contributed by atoms with van der Waals surface area (Å²) in [6.45, 7) is 2.19. The van der Waals surface area contributed by atoms with Gasteiger partial charge in [-0.3, -0.25) is 4.68 Å². The molecule has 4 heterocycles. The van der Waals surface area contributed by atoms with Gasteiger partial charge in [0.2, 0.25) is 10.0 Å². The largest absolute Gasteiger partial charge is 0.346 e. The van der Waals surface area contributed by atoms with Gasteiger partial charge in [0.1, 0.15) is 17.5 Å². The lowest BCUT2D eigenvalue weighted by atomic mass is 9.83. The monoisotopic (exact) mass is 409 g/mol. The van der Waals surface area contributed by atoms with Crippen molar-refractivity contribution in [3.8, 4) is 17.3 Å². The Labute approximate surface area is 167 Å². The first-order valence-electron chi connectivity index (χ1n) is 9.72. The van der Waals surface area contributed by atoms with E-state index < -0.39 is 15.6 Å². The molecule has 0 bridgehead atoms. The van der Waals surface area contributed by atoms with Crippen LogP contribution in [0.2, 0.25) is 0 Å². The summed E-state index contributed by atoms with van der Waals surface area (Å²) in [5.74, 6) is 0.0581. The lowest BCUT2D eigenvalue weighted by molar-refractivity contribution is 0.0713. The number of sulfonamides is 1. The molecule has 10 heteroatoms. The maximum Gasteiger partial charge on any atom is 0.213 e. The predicted octanol–water partition coefficient (Wildman–Crippen LogP) is 1.49. The molecule has 1 aliphatic heterocycles. The van der Waals surface area contributed by atoms with Crippen molar-refractivity contribution in [2.24, 2.45) is 0 Å². The zero-order chi connectivity index (χ0) is 20.0. The smallest absolute Gasteiger partial charge is 0.213 e. The van der Waals surface area contributed by atoms with Crippen LogP contribution in [0, 0.1) is 11.3 Å². The van der Waals surface area contributed by atoms with Crippen LogP contribution in [0.4, 0.5) is 0 Å². The Hall–Kier alpha value is -2.77. The van der Waals surface area contributed by atoms with Gasteiger partial charge in [0.05, 0.1) is 29.6 Å². The summed E-state index contributed by atoms with van der Waals surface area (Å²) in [5, 5.41) is 15.4. The van der Waals surface area contributed by atoms with Crippen LogP contribution in [0.3, 0.4) is 0 Å². The Kier molecular flexibility index (Phi) is 3.09. The van der Waals surface area contributed by atoms with Crippen LogP contribution in [0.1, 0.15) is 37.4 Å². The molecular formula is C19H19N7O2S. The van der Waals surface area contributed by atoms with Gasteiger partial charge in [0.15, 0.2) is 0 Å². The number of rotatable bonds is 4. The molecule has 3 aliphatic rings. The van der Waals surface area contributed by atoms with E-state index in [4.69, 9.17) is 5.10 Å². The fourth-order valence-corrected chi connectivity index (χ4v) is 6.16. The Morgan fingerprint density at radius 3 is 2.79 bits per heavy atom. The van der Waals surface area contributed by atoms with Gasteiger partial charge in [-0.25, -0.2) is 18.4 Å². The molecule has 3 aromatic heterocycles. The van der Waals surface area contributed by atoms with Crippen LogP contribution in [-0.4, -0.2) is 56.3 Å². The zero-order valence-electron chi connectivity index (χ0n) is 15.9. The molecule has 2 aliphatic carbocycles. The number of fused-ring (bicyclic) bond motifs is 4. The van der Waals surface area contributed by atoms with Gasteiger partial charge in [0, 0.05) is 41.8 Å². The number of nitrogens with one attached hydrogen (secondary N) is 1. The maximum atomic E-state index is 12.2. The highest BCUT2D eigenvalue weighted by Gasteiger charge is 2.56. The van der Waals surface area contributed by atoms with Gasteiger partial charge in [-0.05, 0) is 25.3 Å². The summed E-state index contributed by atoms with van der Waals surface area (Å²) < 4.78 is 27.8. The van der Waals surface area contributed by atoms with Gasteiger partial charge in [-0.1, -0.05) is 0 Å². The highest BCUT2D eigenvalue weighted by Crippen LogP contribution is 2.60. The van der Waals surface area contributed by atoms with Crippen LogP contribution in [0.5, 0.6) is 0 Å². The summed E-state index contributed by atoms with van der Waals surface area (Å²) in [5.41, 5.74) is 4.07. The number of aromatic amines is 1. The van der Waals surface area contributed by atoms with E-state index in [1.807, 2.05) is 17.1 Å². The number of nitriles is 1. The Bertz CT molecular complexity index is 1320. The minimum Gasteiger partial charge on any atom is -0.346 e. The molecule has 9 nitrogen and oxygen atoms in total. The first-order valence-corrected chi connectivity index (χ1v) is 11.3. The molecule has 1 spiro atoms. The summed E-state index contributed by atoms with van der Waals surface area (Å²) in [7, 11) is -3.28. The second-order valence-corrected chi connectivity index (χ2v) is 10.6. The first kappa shape index (κ1) is 17.1. The van der Waals surface area contributed by atoms with Crippen molar-refractivity contribution in [3.63, 3.8) is 0 Å². The second kappa shape index (κ2) is 5.23. The van der Waals surface area contributed by atoms with E-state index in [2.05, 4.69) is 21.0 Å². The van der Waals surface area contributed by atoms with E-state index in [0.717, 1.165) is 40.8 Å². The molecule has 6 rings (SSSR count). The van der Waals surface area contributed by atoms with Crippen molar-refractivity contribution >= 4 is 21.1 Å². The van der Waals surface area contributed by atoms with Gasteiger partial charge >= 0.3 is 0 Å². The number of hydrogen-bond acceptors (Lipinski definition) is 6. The number of aromatic nitrogens is 5. The van der Waals surface area contributed by atoms with Crippen molar-refractivity contribution in [1.29, 1.82) is 5.26 Å². The molecule has 148 valence electrons. The van der Waals surface area contributed by atoms with E-state index in [9.17, 15) is 13.7 Å². The van der Waals surface area contributed by atoms with E-state index in [1.54, 1.807) is 13.3 Å². The third kappa shape index (κ3) is 2.01. The predicted molar refractivity (Wildman–Crippen MR) is 104 cm³/mol. The number of nitrogens with zero attached hydrogens (tertiary/aromatic N) is 6. The standard InChI is InChI=1S/C19H19N7O2S/c1-2-29(27,28)25-9-18(10-25,5-6-20)26-8-12-15-14-13(7-21-17(14)23-11-22-15)19(3-4-19)16(12)24-26/h7-8,11H,2-5,9-10H2,1H3,(H,21,22,23). The molecule has 0 amide bonds. The van der Waals surface area contributed by atoms with Crippen molar-refractivity contribution < 1.29 is 8.42 Å². The van der Waals surface area contributed by atoms with Crippen molar-refractivity contribution in [2.45, 2.75) is 37.1 Å². The topological polar surface area (TPSA) is 121 Å². The fourth-order valence-electron chi connectivity index (χ4n) is 4.92. The molecule has 0 unspecified atom stereocenters. The van der Waals surface area contributed by atoms with Crippen LogP contribution >= 0.6 is 0 Å². The Morgan fingerprint density at radius 1 is 1.31 bits per heavy atom. The highest BCUT2D eigenvalue weighted by molar-refractivity contribution is 7.89. The van der Waals surface area contributed by atoms with Gasteiger partial charge in [0.25, 0.3) is 0 Å². The quantitative estimate of drug-likeness (QED) is 0.697. The Morgan fingerprint density at radius 2 is 2.10 bits per heavy atom. The molecule has 1 N–H and O–H groups in total. The molecule has 29 heavy (non-hydrogen) atoms. The molecule has 0 aromatic carbocycles. The number of H-pyrrole nitrogens is 1. The zero-order valence-corrected chi connectivity index (χ0v) is 16.7. The first-order chi connectivity index (χ1) is 13.9. The molecule has 0 radical (unpaired) electrons. The highest BCUT2D eigenvalue weighted by atomic mass is 32.2. The van der Waals surface area contributed by atoms with Crippen LogP contribution in [0.25, 0.3) is 22.3 Å². The third-order valence-electron chi connectivity index (χ3n) is 6.75. The average molecular weight is 409 g/mol. The van der Waals surface area contributed by atoms with Gasteiger partial charge in [-0.15, -0.1) is 0 Å². The van der Waals surface area contributed by atoms with Gasteiger partial charge < -0.3 is 4.98 Å². The number of hydrogen-bond donors (Lipinski definition) is 1. The van der Waals surface area contributed by atoms with Crippen LogP contribution < -0.4 is 0 Å². The van der Waals surface area contributed by atoms with E-state index in [-0.39, 0.29) is 30.7 Å². The molecule has 0 atom stereocenters. The molecule has 1 saturated carbocycles. The van der Waals surface area contributed by atoms with Crippen molar-refractivity contribution in [3.05, 3.63) is 30.0 Å². The maximum absolute atomic E-state index is 12.2. The minimum atomic E-state index is -3.28. The molecule has 1 saturated heterocycles. The lowest BCUT2D eigenvalue weighted by Crippen LogP contribution is -2.64. The molecular weight excluding hydrogens is 390 g/mol. The van der Waals surface area contributed by atoms with Gasteiger partial charge in [-0.2, -0.15) is 14.7 Å². The summed E-state index contributed by atoms with van der Waals surface area (Å²) in [4.78, 5) is 12.2. The van der Waals surface area contributed by atoms with E-state index >= 15 is 0 Å². The van der Waals surface area contributed by atoms with Crippen LogP contribution in [-0.2, 0) is 21.0 Å². The molecule has 3 aromatic rings. The Balaban J connectivity index is 1.50. The average Bonchev–Trinajstić information content (AvgIpc) is 3.14. The fraction of sp³-hybridized carbons (Fsp3) is 0.474. The summed E-state index contributed by atoms with van der Waals surface area (Å²) in [6, 6.07) is 2.23. The lowest BCUT2D eigenvalue weighted by Gasteiger charge is -2.47. The second-order valence-electron chi connectivity index (χ2n) is 8.29.